The maximum Gasteiger partial charge on any atom is 0.390 e. The molecule has 20 heavy (non-hydrogen) atoms. The molecule has 1 aromatic rings. The van der Waals surface area contributed by atoms with Gasteiger partial charge >= 0.3 is 6.08 Å². The lowest BCUT2D eigenvalue weighted by atomic mass is 10.0. The predicted molar refractivity (Wildman–Crippen MR) is 77.7 cm³/mol. The van der Waals surface area contributed by atoms with Crippen LogP contribution in [0.25, 0.3) is 0 Å². The van der Waals surface area contributed by atoms with E-state index in [9.17, 15) is 0 Å². The number of fused-ring (bicyclic) bond motifs is 1. The van der Waals surface area contributed by atoms with Gasteiger partial charge in [-0.3, -0.25) is 0 Å². The Balaban J connectivity index is 1.63. The zero-order valence-electron chi connectivity index (χ0n) is 11.2. The van der Waals surface area contributed by atoms with Crippen molar-refractivity contribution < 1.29 is 14.2 Å². The van der Waals surface area contributed by atoms with Crippen LogP contribution in [0, 0.1) is 0 Å². The molecule has 2 aliphatic rings. The molecule has 106 valence electrons. The fourth-order valence-electron chi connectivity index (χ4n) is 2.25. The van der Waals surface area contributed by atoms with Crippen LogP contribution >= 0.6 is 11.6 Å². The first-order chi connectivity index (χ1) is 9.74. The molecule has 1 aliphatic heterocycles. The summed E-state index contributed by atoms with van der Waals surface area (Å²) in [6.07, 6.45) is 4.97. The smallest absolute Gasteiger partial charge is 0.390 e. The van der Waals surface area contributed by atoms with Crippen LogP contribution < -0.4 is 9.47 Å². The molecule has 0 amide bonds. The number of aliphatic imine (C=N–C) groups is 1. The standard InChI is InChI=1S/C15H16ClNO3/c1-2-18-11-4-6-12(7-5-11)19-15-17-13-8-3-10(16)9-14(13)20-15/h3-8,10,13-14H,2,9H2,1H3. The van der Waals surface area contributed by atoms with E-state index in [4.69, 9.17) is 25.8 Å². The van der Waals surface area contributed by atoms with Crippen molar-refractivity contribution in [3.63, 3.8) is 0 Å². The Morgan fingerprint density at radius 1 is 1.25 bits per heavy atom. The van der Waals surface area contributed by atoms with Gasteiger partial charge in [0, 0.05) is 6.42 Å². The summed E-state index contributed by atoms with van der Waals surface area (Å²) < 4.78 is 16.7. The number of halogens is 1. The molecule has 0 fully saturated rings. The van der Waals surface area contributed by atoms with E-state index in [0.29, 0.717) is 18.4 Å². The number of allylic oxidation sites excluding steroid dienone is 1. The molecule has 1 aromatic carbocycles. The van der Waals surface area contributed by atoms with Crippen molar-refractivity contribution in [3.8, 4) is 11.5 Å². The summed E-state index contributed by atoms with van der Waals surface area (Å²) in [4.78, 5) is 4.39. The first-order valence-corrected chi connectivity index (χ1v) is 7.16. The van der Waals surface area contributed by atoms with Crippen molar-refractivity contribution in [2.45, 2.75) is 30.9 Å². The normalized spacial score (nSPS) is 27.5. The first kappa shape index (κ1) is 13.3. The Morgan fingerprint density at radius 2 is 2.00 bits per heavy atom. The van der Waals surface area contributed by atoms with E-state index in [1.54, 1.807) is 0 Å². The van der Waals surface area contributed by atoms with Crippen LogP contribution in [-0.2, 0) is 4.74 Å². The number of hydrogen-bond acceptors (Lipinski definition) is 4. The zero-order chi connectivity index (χ0) is 13.9. The summed E-state index contributed by atoms with van der Waals surface area (Å²) in [5.41, 5.74) is 0. The molecule has 1 aliphatic carbocycles. The topological polar surface area (TPSA) is 40.0 Å². The van der Waals surface area contributed by atoms with Crippen molar-refractivity contribution in [1.82, 2.24) is 0 Å². The second-order valence-corrected chi connectivity index (χ2v) is 5.25. The van der Waals surface area contributed by atoms with E-state index in [2.05, 4.69) is 4.99 Å². The number of benzene rings is 1. The molecule has 0 saturated heterocycles. The molecule has 3 rings (SSSR count). The maximum atomic E-state index is 6.07. The lowest BCUT2D eigenvalue weighted by Gasteiger charge is -2.20. The summed E-state index contributed by atoms with van der Waals surface area (Å²) in [6, 6.07) is 7.40. The van der Waals surface area contributed by atoms with E-state index < -0.39 is 0 Å². The second-order valence-electron chi connectivity index (χ2n) is 4.68. The van der Waals surface area contributed by atoms with Gasteiger partial charge in [0.1, 0.15) is 23.6 Å². The molecule has 0 spiro atoms. The van der Waals surface area contributed by atoms with E-state index in [1.165, 1.54) is 0 Å². The monoisotopic (exact) mass is 293 g/mol. The highest BCUT2D eigenvalue weighted by molar-refractivity contribution is 6.21. The Hall–Kier alpha value is -1.68. The van der Waals surface area contributed by atoms with Gasteiger partial charge in [-0.05, 0) is 31.2 Å². The van der Waals surface area contributed by atoms with Gasteiger partial charge in [-0.15, -0.1) is 11.6 Å². The Morgan fingerprint density at radius 3 is 2.75 bits per heavy atom. The van der Waals surface area contributed by atoms with Gasteiger partial charge in [0.15, 0.2) is 0 Å². The average molecular weight is 294 g/mol. The van der Waals surface area contributed by atoms with Gasteiger partial charge in [-0.1, -0.05) is 12.2 Å². The van der Waals surface area contributed by atoms with E-state index in [0.717, 1.165) is 12.2 Å². The van der Waals surface area contributed by atoms with E-state index in [-0.39, 0.29) is 17.5 Å². The van der Waals surface area contributed by atoms with E-state index >= 15 is 0 Å². The molecular formula is C15H16ClNO3. The number of rotatable bonds is 3. The van der Waals surface area contributed by atoms with Gasteiger partial charge in [-0.25, -0.2) is 4.99 Å². The molecule has 0 bridgehead atoms. The summed E-state index contributed by atoms with van der Waals surface area (Å²) in [5.74, 6) is 1.49. The molecule has 0 aromatic heterocycles. The summed E-state index contributed by atoms with van der Waals surface area (Å²) in [6.45, 7) is 2.59. The minimum atomic E-state index is -0.0137. The summed E-state index contributed by atoms with van der Waals surface area (Å²) in [5, 5.41) is 0.0104. The number of nitrogens with zero attached hydrogens (tertiary/aromatic N) is 1. The van der Waals surface area contributed by atoms with Crippen molar-refractivity contribution in [2.75, 3.05) is 6.61 Å². The van der Waals surface area contributed by atoms with Gasteiger partial charge in [0.25, 0.3) is 0 Å². The third-order valence-electron chi connectivity index (χ3n) is 3.20. The lowest BCUT2D eigenvalue weighted by Crippen LogP contribution is -2.28. The number of ether oxygens (including phenoxy) is 3. The largest absolute Gasteiger partial charge is 0.494 e. The summed E-state index contributed by atoms with van der Waals surface area (Å²) >= 11 is 6.07. The molecule has 4 nitrogen and oxygen atoms in total. The van der Waals surface area contributed by atoms with Crippen molar-refractivity contribution >= 4 is 17.7 Å². The minimum Gasteiger partial charge on any atom is -0.494 e. The molecule has 0 N–H and O–H groups in total. The molecule has 5 heteroatoms. The fourth-order valence-corrected chi connectivity index (χ4v) is 2.51. The van der Waals surface area contributed by atoms with Gasteiger partial charge in [0.2, 0.25) is 0 Å². The third kappa shape index (κ3) is 2.90. The van der Waals surface area contributed by atoms with Crippen LogP contribution in [0.1, 0.15) is 13.3 Å². The quantitative estimate of drug-likeness (QED) is 0.635. The van der Waals surface area contributed by atoms with Crippen molar-refractivity contribution in [3.05, 3.63) is 36.4 Å². The van der Waals surface area contributed by atoms with E-state index in [1.807, 2.05) is 43.3 Å². The average Bonchev–Trinajstić information content (AvgIpc) is 2.82. The minimum absolute atomic E-state index is 0.0104. The van der Waals surface area contributed by atoms with Crippen LogP contribution in [0.2, 0.25) is 0 Å². The maximum absolute atomic E-state index is 6.07. The molecule has 3 unspecified atom stereocenters. The predicted octanol–water partition coefficient (Wildman–Crippen LogP) is 3.15. The number of alkyl halides is 1. The van der Waals surface area contributed by atoms with Crippen LogP contribution in [0.4, 0.5) is 0 Å². The zero-order valence-corrected chi connectivity index (χ0v) is 11.9. The molecule has 0 radical (unpaired) electrons. The van der Waals surface area contributed by atoms with Crippen molar-refractivity contribution in [2.24, 2.45) is 4.99 Å². The second kappa shape index (κ2) is 5.75. The fraction of sp³-hybridized carbons (Fsp3) is 0.400. The molecule has 0 saturated carbocycles. The Kier molecular flexibility index (Phi) is 3.83. The van der Waals surface area contributed by atoms with Crippen LogP contribution in [-0.4, -0.2) is 30.2 Å². The van der Waals surface area contributed by atoms with Gasteiger partial charge < -0.3 is 14.2 Å². The Labute approximate surface area is 123 Å². The molecule has 3 atom stereocenters. The lowest BCUT2D eigenvalue weighted by molar-refractivity contribution is 0.159. The highest BCUT2D eigenvalue weighted by Gasteiger charge is 2.34. The Bertz CT molecular complexity index is 526. The molecular weight excluding hydrogens is 278 g/mol. The summed E-state index contributed by atoms with van der Waals surface area (Å²) in [7, 11) is 0. The van der Waals surface area contributed by atoms with Gasteiger partial charge in [-0.2, -0.15) is 0 Å². The van der Waals surface area contributed by atoms with Crippen LogP contribution in [0.3, 0.4) is 0 Å². The van der Waals surface area contributed by atoms with Crippen LogP contribution in [0.15, 0.2) is 41.4 Å². The first-order valence-electron chi connectivity index (χ1n) is 6.72. The van der Waals surface area contributed by atoms with Crippen molar-refractivity contribution in [1.29, 1.82) is 0 Å². The van der Waals surface area contributed by atoms with Gasteiger partial charge in [0.05, 0.1) is 12.0 Å². The molecule has 1 heterocycles. The SMILES string of the molecule is CCOc1ccc(OC2=NC3C=CC(Cl)CC3O2)cc1. The number of hydrogen-bond donors (Lipinski definition) is 0. The third-order valence-corrected chi connectivity index (χ3v) is 3.53. The highest BCUT2D eigenvalue weighted by atomic mass is 35.5. The van der Waals surface area contributed by atoms with Crippen LogP contribution in [0.5, 0.6) is 11.5 Å². The highest BCUT2D eigenvalue weighted by Crippen LogP contribution is 2.28.